The highest BCUT2D eigenvalue weighted by atomic mass is 16.5. The smallest absolute Gasteiger partial charge is 0.185 e. The number of allylic oxidation sites excluding steroid dienone is 1. The van der Waals surface area contributed by atoms with Gasteiger partial charge < -0.3 is 14.6 Å². The van der Waals surface area contributed by atoms with Crippen molar-refractivity contribution in [2.75, 3.05) is 14.2 Å². The molecular formula is C18H18O4. The van der Waals surface area contributed by atoms with E-state index in [1.165, 1.54) is 6.08 Å². The summed E-state index contributed by atoms with van der Waals surface area (Å²) in [5.74, 6) is 0.789. The normalized spacial score (nSPS) is 10.8. The number of phenols is 1. The zero-order valence-corrected chi connectivity index (χ0v) is 12.6. The van der Waals surface area contributed by atoms with E-state index in [-0.39, 0.29) is 11.5 Å². The fraction of sp³-hybridized carbons (Fsp3) is 0.167. The van der Waals surface area contributed by atoms with Crippen molar-refractivity contribution >= 4 is 11.9 Å². The molecule has 2 rings (SSSR count). The minimum absolute atomic E-state index is 0.104. The Morgan fingerprint density at radius 1 is 1.14 bits per heavy atom. The van der Waals surface area contributed by atoms with E-state index in [9.17, 15) is 9.90 Å². The maximum Gasteiger partial charge on any atom is 0.185 e. The molecule has 0 fully saturated rings. The molecule has 0 saturated heterocycles. The van der Waals surface area contributed by atoms with Crippen LogP contribution in [0.1, 0.15) is 21.5 Å². The molecule has 0 bridgehead atoms. The number of phenolic OH excluding ortho intramolecular Hbond substituents is 1. The van der Waals surface area contributed by atoms with E-state index < -0.39 is 0 Å². The third-order valence-electron chi connectivity index (χ3n) is 3.19. The van der Waals surface area contributed by atoms with Gasteiger partial charge in [-0.1, -0.05) is 18.2 Å². The Morgan fingerprint density at radius 2 is 1.86 bits per heavy atom. The second-order valence-corrected chi connectivity index (χ2v) is 4.75. The van der Waals surface area contributed by atoms with Gasteiger partial charge in [-0.2, -0.15) is 0 Å². The van der Waals surface area contributed by atoms with Gasteiger partial charge in [0.2, 0.25) is 0 Å². The van der Waals surface area contributed by atoms with Crippen LogP contribution < -0.4 is 4.74 Å². The zero-order valence-electron chi connectivity index (χ0n) is 12.6. The SMILES string of the molecule is COCc1cc(C(=O)/C=C/c2ccc(O)cc2)ccc1OC. The summed E-state index contributed by atoms with van der Waals surface area (Å²) in [6.07, 6.45) is 3.22. The fourth-order valence-corrected chi connectivity index (χ4v) is 2.05. The number of carbonyl (C=O) groups excluding carboxylic acids is 1. The molecule has 0 aliphatic heterocycles. The minimum Gasteiger partial charge on any atom is -0.508 e. The Labute approximate surface area is 129 Å². The van der Waals surface area contributed by atoms with Crippen LogP contribution in [0.2, 0.25) is 0 Å². The molecule has 4 nitrogen and oxygen atoms in total. The van der Waals surface area contributed by atoms with Gasteiger partial charge in [0, 0.05) is 18.2 Å². The summed E-state index contributed by atoms with van der Waals surface area (Å²) in [7, 11) is 3.18. The summed E-state index contributed by atoms with van der Waals surface area (Å²) < 4.78 is 10.4. The Bertz CT molecular complexity index is 672. The van der Waals surface area contributed by atoms with E-state index in [0.717, 1.165) is 11.1 Å². The van der Waals surface area contributed by atoms with Crippen LogP contribution in [0.3, 0.4) is 0 Å². The van der Waals surface area contributed by atoms with Gasteiger partial charge in [-0.05, 0) is 42.0 Å². The quantitative estimate of drug-likeness (QED) is 0.655. The number of ketones is 1. The van der Waals surface area contributed by atoms with E-state index in [1.807, 2.05) is 0 Å². The van der Waals surface area contributed by atoms with Crippen molar-refractivity contribution in [2.45, 2.75) is 6.61 Å². The van der Waals surface area contributed by atoms with E-state index in [2.05, 4.69) is 0 Å². The number of benzene rings is 2. The molecule has 2 aromatic carbocycles. The van der Waals surface area contributed by atoms with Crippen molar-refractivity contribution in [3.8, 4) is 11.5 Å². The van der Waals surface area contributed by atoms with Crippen molar-refractivity contribution < 1.29 is 19.4 Å². The molecule has 0 atom stereocenters. The van der Waals surface area contributed by atoms with Gasteiger partial charge in [-0.3, -0.25) is 4.79 Å². The molecule has 0 spiro atoms. The average molecular weight is 298 g/mol. The van der Waals surface area contributed by atoms with Gasteiger partial charge in [-0.15, -0.1) is 0 Å². The highest BCUT2D eigenvalue weighted by Gasteiger charge is 2.08. The number of hydrogen-bond donors (Lipinski definition) is 1. The van der Waals surface area contributed by atoms with Crippen LogP contribution in [0.25, 0.3) is 6.08 Å². The predicted octanol–water partition coefficient (Wildman–Crippen LogP) is 3.44. The molecule has 0 saturated carbocycles. The minimum atomic E-state index is -0.104. The summed E-state index contributed by atoms with van der Waals surface area (Å²) in [6.45, 7) is 0.381. The summed E-state index contributed by atoms with van der Waals surface area (Å²) >= 11 is 0. The first-order chi connectivity index (χ1) is 10.6. The van der Waals surface area contributed by atoms with E-state index in [1.54, 1.807) is 62.8 Å². The first-order valence-electron chi connectivity index (χ1n) is 6.81. The molecule has 22 heavy (non-hydrogen) atoms. The van der Waals surface area contributed by atoms with E-state index >= 15 is 0 Å². The highest BCUT2D eigenvalue weighted by Crippen LogP contribution is 2.21. The topological polar surface area (TPSA) is 55.8 Å². The Kier molecular flexibility index (Phi) is 5.33. The lowest BCUT2D eigenvalue weighted by atomic mass is 10.1. The van der Waals surface area contributed by atoms with Crippen LogP contribution >= 0.6 is 0 Å². The fourth-order valence-electron chi connectivity index (χ4n) is 2.05. The maximum atomic E-state index is 12.2. The predicted molar refractivity (Wildman–Crippen MR) is 85.2 cm³/mol. The van der Waals surface area contributed by atoms with Crippen molar-refractivity contribution in [1.82, 2.24) is 0 Å². The summed E-state index contributed by atoms with van der Waals surface area (Å²) in [6, 6.07) is 11.9. The van der Waals surface area contributed by atoms with Gasteiger partial charge in [0.15, 0.2) is 5.78 Å². The van der Waals surface area contributed by atoms with Crippen molar-refractivity contribution in [3.63, 3.8) is 0 Å². The Hall–Kier alpha value is -2.59. The largest absolute Gasteiger partial charge is 0.508 e. The lowest BCUT2D eigenvalue weighted by molar-refractivity contribution is 0.104. The molecule has 0 amide bonds. The number of hydrogen-bond acceptors (Lipinski definition) is 4. The van der Waals surface area contributed by atoms with Crippen molar-refractivity contribution in [3.05, 3.63) is 65.2 Å². The number of methoxy groups -OCH3 is 2. The van der Waals surface area contributed by atoms with Gasteiger partial charge in [0.25, 0.3) is 0 Å². The third-order valence-corrected chi connectivity index (χ3v) is 3.19. The highest BCUT2D eigenvalue weighted by molar-refractivity contribution is 6.07. The standard InChI is InChI=1S/C18H18O4/c1-21-12-15-11-14(6-10-18(15)22-2)17(20)9-5-13-3-7-16(19)8-4-13/h3-11,19H,12H2,1-2H3/b9-5+. The van der Waals surface area contributed by atoms with Crippen LogP contribution in [0.5, 0.6) is 11.5 Å². The van der Waals surface area contributed by atoms with Crippen molar-refractivity contribution in [1.29, 1.82) is 0 Å². The molecule has 0 unspecified atom stereocenters. The van der Waals surface area contributed by atoms with Gasteiger partial charge in [0.05, 0.1) is 13.7 Å². The zero-order chi connectivity index (χ0) is 15.9. The summed E-state index contributed by atoms with van der Waals surface area (Å²) in [4.78, 5) is 12.2. The lowest BCUT2D eigenvalue weighted by Crippen LogP contribution is -1.99. The van der Waals surface area contributed by atoms with Crippen LogP contribution in [0.4, 0.5) is 0 Å². The lowest BCUT2D eigenvalue weighted by Gasteiger charge is -2.08. The van der Waals surface area contributed by atoms with Crippen LogP contribution in [-0.2, 0) is 11.3 Å². The first-order valence-corrected chi connectivity index (χ1v) is 6.81. The second-order valence-electron chi connectivity index (χ2n) is 4.75. The molecule has 0 aliphatic carbocycles. The molecule has 4 heteroatoms. The van der Waals surface area contributed by atoms with Gasteiger partial charge in [0.1, 0.15) is 11.5 Å². The van der Waals surface area contributed by atoms with E-state index in [0.29, 0.717) is 17.9 Å². The number of rotatable bonds is 6. The Morgan fingerprint density at radius 3 is 2.50 bits per heavy atom. The molecule has 114 valence electrons. The molecule has 0 radical (unpaired) electrons. The molecule has 2 aromatic rings. The molecule has 0 heterocycles. The first kappa shape index (κ1) is 15.8. The number of carbonyl (C=O) groups is 1. The number of ether oxygens (including phenoxy) is 2. The van der Waals surface area contributed by atoms with Gasteiger partial charge >= 0.3 is 0 Å². The van der Waals surface area contributed by atoms with Gasteiger partial charge in [-0.25, -0.2) is 0 Å². The molecule has 0 aliphatic rings. The molecular weight excluding hydrogens is 280 g/mol. The van der Waals surface area contributed by atoms with Crippen LogP contribution in [-0.4, -0.2) is 25.1 Å². The summed E-state index contributed by atoms with van der Waals surface area (Å²) in [5, 5.41) is 9.23. The monoisotopic (exact) mass is 298 g/mol. The second kappa shape index (κ2) is 7.43. The summed E-state index contributed by atoms with van der Waals surface area (Å²) in [5.41, 5.74) is 2.24. The average Bonchev–Trinajstić information content (AvgIpc) is 2.54. The maximum absolute atomic E-state index is 12.2. The Balaban J connectivity index is 2.18. The molecule has 1 N–H and O–H groups in total. The van der Waals surface area contributed by atoms with Crippen LogP contribution in [0, 0.1) is 0 Å². The van der Waals surface area contributed by atoms with Crippen LogP contribution in [0.15, 0.2) is 48.5 Å². The van der Waals surface area contributed by atoms with E-state index in [4.69, 9.17) is 9.47 Å². The third kappa shape index (κ3) is 3.96. The van der Waals surface area contributed by atoms with Crippen molar-refractivity contribution in [2.24, 2.45) is 0 Å². The molecule has 0 aromatic heterocycles. The number of aromatic hydroxyl groups is 1.